The van der Waals surface area contributed by atoms with Gasteiger partial charge in [-0.2, -0.15) is 0 Å². The summed E-state index contributed by atoms with van der Waals surface area (Å²) in [6.45, 7) is 2.26. The van der Waals surface area contributed by atoms with Crippen LogP contribution < -0.4 is 5.56 Å². The van der Waals surface area contributed by atoms with Crippen LogP contribution in [0.15, 0.2) is 52.3 Å². The van der Waals surface area contributed by atoms with Crippen molar-refractivity contribution in [3.8, 4) is 0 Å². The molecule has 1 aromatic carbocycles. The molecule has 2 aromatic rings. The van der Waals surface area contributed by atoms with Crippen LogP contribution in [0.25, 0.3) is 0 Å². The standard InChI is InChI=1S/C19H25N3O4S/c1-5-15-6-8-16(9-7-15)12-21(4)19(24)14-22-13-17(10-11-18(22)23)27(25,26)20(2)3/h6-11,13H,5,12,14H2,1-4H3. The van der Waals surface area contributed by atoms with Gasteiger partial charge < -0.3 is 9.47 Å². The maximum Gasteiger partial charge on any atom is 0.251 e. The Morgan fingerprint density at radius 3 is 2.15 bits per heavy atom. The second kappa shape index (κ2) is 8.49. The highest BCUT2D eigenvalue weighted by Gasteiger charge is 2.19. The van der Waals surface area contributed by atoms with Gasteiger partial charge in [0.15, 0.2) is 0 Å². The molecule has 2 rings (SSSR count). The Labute approximate surface area is 159 Å². The molecule has 0 aliphatic heterocycles. The van der Waals surface area contributed by atoms with E-state index in [2.05, 4.69) is 6.92 Å². The Balaban J connectivity index is 2.15. The quantitative estimate of drug-likeness (QED) is 0.713. The van der Waals surface area contributed by atoms with Crippen molar-refractivity contribution in [3.05, 3.63) is 64.1 Å². The molecule has 0 bridgehead atoms. The number of carbonyl (C=O) groups is 1. The lowest BCUT2D eigenvalue weighted by Crippen LogP contribution is -2.34. The van der Waals surface area contributed by atoms with Gasteiger partial charge in [-0.25, -0.2) is 12.7 Å². The summed E-state index contributed by atoms with van der Waals surface area (Å²) in [6.07, 6.45) is 2.16. The summed E-state index contributed by atoms with van der Waals surface area (Å²) in [5.74, 6) is -0.281. The number of benzene rings is 1. The molecule has 1 heterocycles. The normalized spacial score (nSPS) is 11.6. The number of aromatic nitrogens is 1. The molecule has 0 saturated heterocycles. The van der Waals surface area contributed by atoms with E-state index in [0.717, 1.165) is 26.9 Å². The SMILES string of the molecule is CCc1ccc(CN(C)C(=O)Cn2cc(S(=O)(=O)N(C)C)ccc2=O)cc1. The number of hydrogen-bond donors (Lipinski definition) is 0. The van der Waals surface area contributed by atoms with Crippen LogP contribution in [-0.4, -0.2) is 49.2 Å². The van der Waals surface area contributed by atoms with Gasteiger partial charge in [0.2, 0.25) is 15.9 Å². The van der Waals surface area contributed by atoms with Crippen LogP contribution in [0.1, 0.15) is 18.1 Å². The van der Waals surface area contributed by atoms with E-state index < -0.39 is 15.6 Å². The Kier molecular flexibility index (Phi) is 6.56. The Morgan fingerprint density at radius 1 is 1.00 bits per heavy atom. The first-order chi connectivity index (χ1) is 12.6. The third-order valence-corrected chi connectivity index (χ3v) is 6.12. The third kappa shape index (κ3) is 5.05. The van der Waals surface area contributed by atoms with Crippen LogP contribution >= 0.6 is 0 Å². The van der Waals surface area contributed by atoms with Gasteiger partial charge in [0.25, 0.3) is 5.56 Å². The lowest BCUT2D eigenvalue weighted by Gasteiger charge is -2.19. The average molecular weight is 391 g/mol. The van der Waals surface area contributed by atoms with Crippen LogP contribution in [0.2, 0.25) is 0 Å². The first kappa shape index (κ1) is 20.9. The molecule has 0 unspecified atom stereocenters. The van der Waals surface area contributed by atoms with Crippen LogP contribution in [0.5, 0.6) is 0 Å². The second-order valence-corrected chi connectivity index (χ2v) is 8.69. The summed E-state index contributed by atoms with van der Waals surface area (Å²) >= 11 is 0. The fraction of sp³-hybridized carbons (Fsp3) is 0.368. The van der Waals surface area contributed by atoms with Gasteiger partial charge >= 0.3 is 0 Å². The molecule has 0 saturated carbocycles. The maximum absolute atomic E-state index is 12.5. The topological polar surface area (TPSA) is 79.7 Å². The zero-order chi connectivity index (χ0) is 20.2. The number of amides is 1. The predicted molar refractivity (Wildman–Crippen MR) is 104 cm³/mol. The molecule has 27 heavy (non-hydrogen) atoms. The maximum atomic E-state index is 12.5. The largest absolute Gasteiger partial charge is 0.340 e. The lowest BCUT2D eigenvalue weighted by atomic mass is 10.1. The number of sulfonamides is 1. The molecular weight excluding hydrogens is 366 g/mol. The summed E-state index contributed by atoms with van der Waals surface area (Å²) < 4.78 is 26.6. The minimum Gasteiger partial charge on any atom is -0.340 e. The fourth-order valence-corrected chi connectivity index (χ4v) is 3.43. The minimum atomic E-state index is -3.68. The molecule has 146 valence electrons. The van der Waals surface area contributed by atoms with Crippen LogP contribution in [0.3, 0.4) is 0 Å². The highest BCUT2D eigenvalue weighted by molar-refractivity contribution is 7.89. The monoisotopic (exact) mass is 391 g/mol. The zero-order valence-electron chi connectivity index (χ0n) is 16.0. The van der Waals surface area contributed by atoms with Gasteiger partial charge in [-0.05, 0) is 23.6 Å². The molecule has 0 aliphatic carbocycles. The molecule has 1 aromatic heterocycles. The highest BCUT2D eigenvalue weighted by atomic mass is 32.2. The molecule has 7 nitrogen and oxygen atoms in total. The van der Waals surface area contributed by atoms with E-state index in [9.17, 15) is 18.0 Å². The van der Waals surface area contributed by atoms with Crippen molar-refractivity contribution in [3.63, 3.8) is 0 Å². The number of pyridine rings is 1. The molecule has 0 radical (unpaired) electrons. The summed E-state index contributed by atoms with van der Waals surface area (Å²) in [6, 6.07) is 10.4. The average Bonchev–Trinajstić information content (AvgIpc) is 2.63. The van der Waals surface area contributed by atoms with Crippen molar-refractivity contribution in [2.24, 2.45) is 0 Å². The number of rotatable bonds is 7. The first-order valence-electron chi connectivity index (χ1n) is 8.60. The Morgan fingerprint density at radius 2 is 1.59 bits per heavy atom. The lowest BCUT2D eigenvalue weighted by molar-refractivity contribution is -0.131. The number of aryl methyl sites for hydroxylation is 1. The number of likely N-dealkylation sites (N-methyl/N-ethyl adjacent to an activating group) is 1. The summed E-state index contributed by atoms with van der Waals surface area (Å²) in [4.78, 5) is 26.0. The van der Waals surface area contributed by atoms with Crippen molar-refractivity contribution in [2.45, 2.75) is 31.3 Å². The molecule has 0 fully saturated rings. The molecule has 0 atom stereocenters. The van der Waals surface area contributed by atoms with E-state index in [1.54, 1.807) is 7.05 Å². The van der Waals surface area contributed by atoms with Crippen LogP contribution in [0, 0.1) is 0 Å². The van der Waals surface area contributed by atoms with Crippen molar-refractivity contribution in [2.75, 3.05) is 21.1 Å². The molecule has 0 spiro atoms. The van der Waals surface area contributed by atoms with Gasteiger partial charge in [-0.15, -0.1) is 0 Å². The molecule has 0 N–H and O–H groups in total. The van der Waals surface area contributed by atoms with Gasteiger partial charge in [0.1, 0.15) is 6.54 Å². The van der Waals surface area contributed by atoms with Crippen LogP contribution in [0.4, 0.5) is 0 Å². The van der Waals surface area contributed by atoms with E-state index in [-0.39, 0.29) is 17.3 Å². The minimum absolute atomic E-state index is 0.0299. The highest BCUT2D eigenvalue weighted by Crippen LogP contribution is 2.11. The van der Waals surface area contributed by atoms with Crippen LogP contribution in [-0.2, 0) is 34.3 Å². The second-order valence-electron chi connectivity index (χ2n) is 6.54. The van der Waals surface area contributed by atoms with E-state index in [1.165, 1.54) is 36.8 Å². The molecule has 0 aliphatic rings. The van der Waals surface area contributed by atoms with E-state index in [0.29, 0.717) is 6.54 Å². The van der Waals surface area contributed by atoms with E-state index in [4.69, 9.17) is 0 Å². The summed E-state index contributed by atoms with van der Waals surface area (Å²) in [5.41, 5.74) is 1.78. The number of hydrogen-bond acceptors (Lipinski definition) is 4. The number of nitrogens with zero attached hydrogens (tertiary/aromatic N) is 3. The molecule has 8 heteroatoms. The van der Waals surface area contributed by atoms with E-state index in [1.807, 2.05) is 24.3 Å². The predicted octanol–water partition coefficient (Wildman–Crippen LogP) is 1.32. The van der Waals surface area contributed by atoms with Crippen molar-refractivity contribution < 1.29 is 13.2 Å². The fourth-order valence-electron chi connectivity index (χ4n) is 2.51. The number of carbonyl (C=O) groups excluding carboxylic acids is 1. The summed E-state index contributed by atoms with van der Waals surface area (Å²) in [7, 11) is 0.796. The van der Waals surface area contributed by atoms with Crippen molar-refractivity contribution in [1.29, 1.82) is 0 Å². The zero-order valence-corrected chi connectivity index (χ0v) is 16.9. The smallest absolute Gasteiger partial charge is 0.251 e. The van der Waals surface area contributed by atoms with Gasteiger partial charge in [0.05, 0.1) is 4.90 Å². The third-order valence-electron chi connectivity index (χ3n) is 4.32. The van der Waals surface area contributed by atoms with Gasteiger partial charge in [0, 0.05) is 40.0 Å². The van der Waals surface area contributed by atoms with Gasteiger partial charge in [-0.3, -0.25) is 9.59 Å². The van der Waals surface area contributed by atoms with Crippen molar-refractivity contribution >= 4 is 15.9 Å². The van der Waals surface area contributed by atoms with Crippen molar-refractivity contribution in [1.82, 2.24) is 13.8 Å². The Hall–Kier alpha value is -2.45. The first-order valence-corrected chi connectivity index (χ1v) is 10.0. The Bertz CT molecular complexity index is 963. The van der Waals surface area contributed by atoms with E-state index >= 15 is 0 Å². The summed E-state index contributed by atoms with van der Waals surface area (Å²) in [5, 5.41) is 0. The molecule has 1 amide bonds. The molecular formula is C19H25N3O4S. The van der Waals surface area contributed by atoms with Gasteiger partial charge in [-0.1, -0.05) is 31.2 Å².